The van der Waals surface area contributed by atoms with Crippen molar-refractivity contribution in [3.63, 3.8) is 0 Å². The third kappa shape index (κ3) is 3.44. The van der Waals surface area contributed by atoms with Crippen LogP contribution in [0, 0.1) is 11.8 Å². The highest BCUT2D eigenvalue weighted by molar-refractivity contribution is 6.08. The number of rotatable bonds is 6. The number of esters is 1. The number of hydrogen-bond donors (Lipinski definition) is 0. The number of nitrogens with zero attached hydrogens (tertiary/aromatic N) is 4. The van der Waals surface area contributed by atoms with E-state index in [2.05, 4.69) is 18.8 Å². The molecule has 0 bridgehead atoms. The topological polar surface area (TPSA) is 77.3 Å². The molecule has 1 aromatic carbocycles. The Morgan fingerprint density at radius 3 is 2.70 bits per heavy atom. The van der Waals surface area contributed by atoms with E-state index >= 15 is 0 Å². The summed E-state index contributed by atoms with van der Waals surface area (Å²) in [6.07, 6.45) is 4.18. The second kappa shape index (κ2) is 8.26. The molecule has 0 unspecified atom stereocenters. The lowest BCUT2D eigenvalue weighted by Gasteiger charge is -2.38. The summed E-state index contributed by atoms with van der Waals surface area (Å²) in [6.45, 7) is 6.68. The van der Waals surface area contributed by atoms with E-state index in [4.69, 9.17) is 9.72 Å². The van der Waals surface area contributed by atoms with Gasteiger partial charge < -0.3 is 9.30 Å². The normalized spacial score (nSPS) is 18.7. The molecule has 4 rings (SSSR count). The van der Waals surface area contributed by atoms with Gasteiger partial charge >= 0.3 is 5.97 Å². The molecule has 3 aromatic rings. The SMILES string of the molecule is CCOC(=O)[C@@H]1C(=O)N(CCC(C)C)c2nc3ccccc3n2[C@@H]1c1cccnc1. The van der Waals surface area contributed by atoms with Crippen LogP contribution in [0.25, 0.3) is 11.0 Å². The minimum atomic E-state index is -0.994. The summed E-state index contributed by atoms with van der Waals surface area (Å²) in [7, 11) is 0. The monoisotopic (exact) mass is 406 g/mol. The third-order valence-corrected chi connectivity index (χ3v) is 5.44. The van der Waals surface area contributed by atoms with Gasteiger partial charge in [-0.2, -0.15) is 0 Å². The highest BCUT2D eigenvalue weighted by atomic mass is 16.5. The maximum atomic E-state index is 13.6. The molecule has 1 amide bonds. The first-order chi connectivity index (χ1) is 14.5. The number of fused-ring (bicyclic) bond motifs is 3. The quantitative estimate of drug-likeness (QED) is 0.462. The lowest BCUT2D eigenvalue weighted by Crippen LogP contribution is -2.50. The molecule has 0 aliphatic carbocycles. The van der Waals surface area contributed by atoms with E-state index in [1.165, 1.54) is 0 Å². The van der Waals surface area contributed by atoms with Crippen molar-refractivity contribution in [2.24, 2.45) is 11.8 Å². The Kier molecular flexibility index (Phi) is 5.53. The number of carbonyl (C=O) groups excluding carboxylic acids is 2. The lowest BCUT2D eigenvalue weighted by molar-refractivity contribution is -0.153. The van der Waals surface area contributed by atoms with Gasteiger partial charge in [-0.25, -0.2) is 4.98 Å². The Hall–Kier alpha value is -3.22. The van der Waals surface area contributed by atoms with E-state index in [9.17, 15) is 9.59 Å². The van der Waals surface area contributed by atoms with E-state index in [-0.39, 0.29) is 12.5 Å². The summed E-state index contributed by atoms with van der Waals surface area (Å²) in [5.41, 5.74) is 2.43. The van der Waals surface area contributed by atoms with E-state index in [0.29, 0.717) is 18.4 Å². The maximum Gasteiger partial charge on any atom is 0.321 e. The minimum absolute atomic E-state index is 0.214. The number of imidazole rings is 1. The highest BCUT2D eigenvalue weighted by Gasteiger charge is 2.47. The summed E-state index contributed by atoms with van der Waals surface area (Å²) in [4.78, 5) is 37.3. The summed E-state index contributed by atoms with van der Waals surface area (Å²) < 4.78 is 7.34. The average molecular weight is 406 g/mol. The Morgan fingerprint density at radius 1 is 1.20 bits per heavy atom. The van der Waals surface area contributed by atoms with Gasteiger partial charge in [0, 0.05) is 18.9 Å². The molecule has 3 heterocycles. The molecular weight excluding hydrogens is 380 g/mol. The van der Waals surface area contributed by atoms with Crippen LogP contribution in [0.5, 0.6) is 0 Å². The van der Waals surface area contributed by atoms with Gasteiger partial charge in [-0.1, -0.05) is 32.0 Å². The third-order valence-electron chi connectivity index (χ3n) is 5.44. The van der Waals surface area contributed by atoms with Crippen LogP contribution in [0.2, 0.25) is 0 Å². The van der Waals surface area contributed by atoms with E-state index in [0.717, 1.165) is 23.0 Å². The maximum absolute atomic E-state index is 13.6. The van der Waals surface area contributed by atoms with Crippen LogP contribution in [0.15, 0.2) is 48.8 Å². The number of carbonyl (C=O) groups is 2. The van der Waals surface area contributed by atoms with Crippen molar-refractivity contribution in [3.8, 4) is 0 Å². The van der Waals surface area contributed by atoms with Crippen LogP contribution >= 0.6 is 0 Å². The second-order valence-corrected chi connectivity index (χ2v) is 7.90. The van der Waals surface area contributed by atoms with Crippen molar-refractivity contribution in [2.75, 3.05) is 18.1 Å². The van der Waals surface area contributed by atoms with E-state index < -0.39 is 17.9 Å². The van der Waals surface area contributed by atoms with Crippen molar-refractivity contribution in [2.45, 2.75) is 33.2 Å². The number of anilines is 1. The molecule has 1 aliphatic heterocycles. The molecule has 0 saturated carbocycles. The zero-order valence-electron chi connectivity index (χ0n) is 17.5. The van der Waals surface area contributed by atoms with Gasteiger partial charge in [0.25, 0.3) is 0 Å². The number of benzene rings is 1. The van der Waals surface area contributed by atoms with Crippen molar-refractivity contribution in [1.29, 1.82) is 0 Å². The van der Waals surface area contributed by atoms with Gasteiger partial charge in [-0.3, -0.25) is 19.5 Å². The summed E-state index contributed by atoms with van der Waals surface area (Å²) in [5, 5.41) is 0. The van der Waals surface area contributed by atoms with Gasteiger partial charge in [-0.05, 0) is 43.0 Å². The Bertz CT molecular complexity index is 1060. The Morgan fingerprint density at radius 2 is 2.00 bits per heavy atom. The van der Waals surface area contributed by atoms with Crippen molar-refractivity contribution < 1.29 is 14.3 Å². The summed E-state index contributed by atoms with van der Waals surface area (Å²) in [5.74, 6) is -0.810. The van der Waals surface area contributed by atoms with Gasteiger partial charge in [0.2, 0.25) is 11.9 Å². The van der Waals surface area contributed by atoms with Gasteiger partial charge in [0.1, 0.15) is 0 Å². The molecule has 0 fully saturated rings. The first kappa shape index (κ1) is 20.1. The van der Waals surface area contributed by atoms with Crippen LogP contribution in [0.4, 0.5) is 5.95 Å². The number of pyridine rings is 1. The zero-order chi connectivity index (χ0) is 21.3. The molecule has 1 aliphatic rings. The van der Waals surface area contributed by atoms with E-state index in [1.807, 2.05) is 41.0 Å². The molecular formula is C23H26N4O3. The van der Waals surface area contributed by atoms with Crippen molar-refractivity contribution in [1.82, 2.24) is 14.5 Å². The number of aromatic nitrogens is 3. The fraction of sp³-hybridized carbons (Fsp3) is 0.391. The molecule has 156 valence electrons. The Labute approximate surface area is 175 Å². The molecule has 0 N–H and O–H groups in total. The number of hydrogen-bond acceptors (Lipinski definition) is 5. The van der Waals surface area contributed by atoms with Crippen molar-refractivity contribution >= 4 is 28.9 Å². The molecule has 2 aromatic heterocycles. The first-order valence-electron chi connectivity index (χ1n) is 10.4. The summed E-state index contributed by atoms with van der Waals surface area (Å²) >= 11 is 0. The smallest absolute Gasteiger partial charge is 0.321 e. The standard InChI is InChI=1S/C23H26N4O3/c1-4-30-22(29)19-20(16-8-7-12-24-14-16)27-18-10-6-5-9-17(18)25-23(27)26(21(19)28)13-11-15(2)3/h5-10,12,14-15,19-20H,4,11,13H2,1-3H3/t19-,20+/m0/s1. The van der Waals surface area contributed by atoms with Gasteiger partial charge in [0.15, 0.2) is 5.92 Å². The number of amides is 1. The first-order valence-corrected chi connectivity index (χ1v) is 10.4. The number of ether oxygens (including phenoxy) is 1. The van der Waals surface area contributed by atoms with Crippen LogP contribution < -0.4 is 4.90 Å². The summed E-state index contributed by atoms with van der Waals surface area (Å²) in [6, 6.07) is 10.9. The van der Waals surface area contributed by atoms with Crippen LogP contribution in [0.1, 0.15) is 38.8 Å². The lowest BCUT2D eigenvalue weighted by atomic mass is 9.90. The van der Waals surface area contributed by atoms with Crippen LogP contribution in [-0.2, 0) is 14.3 Å². The van der Waals surface area contributed by atoms with Crippen LogP contribution in [0.3, 0.4) is 0 Å². The van der Waals surface area contributed by atoms with E-state index in [1.54, 1.807) is 24.2 Å². The fourth-order valence-corrected chi connectivity index (χ4v) is 4.00. The molecule has 0 saturated heterocycles. The second-order valence-electron chi connectivity index (χ2n) is 7.90. The Balaban J connectivity index is 1.95. The van der Waals surface area contributed by atoms with Crippen molar-refractivity contribution in [3.05, 3.63) is 54.4 Å². The zero-order valence-corrected chi connectivity index (χ0v) is 17.5. The molecule has 0 radical (unpaired) electrons. The van der Waals surface area contributed by atoms with Crippen LogP contribution in [-0.4, -0.2) is 39.6 Å². The predicted molar refractivity (Wildman–Crippen MR) is 114 cm³/mol. The largest absolute Gasteiger partial charge is 0.465 e. The molecule has 2 atom stereocenters. The number of para-hydroxylation sites is 2. The molecule has 30 heavy (non-hydrogen) atoms. The molecule has 7 nitrogen and oxygen atoms in total. The average Bonchev–Trinajstić information content (AvgIpc) is 3.12. The highest BCUT2D eigenvalue weighted by Crippen LogP contribution is 2.41. The molecule has 0 spiro atoms. The molecule has 7 heteroatoms. The van der Waals surface area contributed by atoms with Gasteiger partial charge in [-0.15, -0.1) is 0 Å². The minimum Gasteiger partial charge on any atom is -0.465 e. The predicted octanol–water partition coefficient (Wildman–Crippen LogP) is 3.59. The fourth-order valence-electron chi connectivity index (χ4n) is 4.00. The van der Waals surface area contributed by atoms with Gasteiger partial charge in [0.05, 0.1) is 23.7 Å².